The molecule has 2 nitrogen and oxygen atoms in total. The molecule has 3 rings (SSSR count). The summed E-state index contributed by atoms with van der Waals surface area (Å²) < 4.78 is 0. The Morgan fingerprint density at radius 3 is 2.86 bits per heavy atom. The van der Waals surface area contributed by atoms with Crippen molar-refractivity contribution in [3.05, 3.63) is 0 Å². The molecule has 3 saturated heterocycles. The molecule has 3 heterocycles. The Kier molecular flexibility index (Phi) is 2.29. The van der Waals surface area contributed by atoms with Gasteiger partial charge in [-0.1, -0.05) is 6.42 Å². The largest absolute Gasteiger partial charge is 0.316 e. The van der Waals surface area contributed by atoms with Gasteiger partial charge in [0.25, 0.3) is 0 Å². The van der Waals surface area contributed by atoms with E-state index in [-0.39, 0.29) is 0 Å². The van der Waals surface area contributed by atoms with Crippen molar-refractivity contribution in [1.82, 2.24) is 10.2 Å². The number of hydrogen-bond donors (Lipinski definition) is 1. The molecule has 0 aromatic carbocycles. The zero-order valence-electron chi connectivity index (χ0n) is 9.10. The highest BCUT2D eigenvalue weighted by Crippen LogP contribution is 2.44. The SMILES string of the molecule is C1CCN2CCCC3(CCNC3)C2C1. The lowest BCUT2D eigenvalue weighted by Gasteiger charge is -2.50. The Bertz CT molecular complexity index is 206. The minimum absolute atomic E-state index is 0.679. The molecule has 14 heavy (non-hydrogen) atoms. The van der Waals surface area contributed by atoms with E-state index in [2.05, 4.69) is 10.2 Å². The van der Waals surface area contributed by atoms with Crippen molar-refractivity contribution in [2.45, 2.75) is 44.6 Å². The lowest BCUT2D eigenvalue weighted by Crippen LogP contribution is -2.55. The molecule has 80 valence electrons. The lowest BCUT2D eigenvalue weighted by molar-refractivity contribution is 0.000763. The molecule has 1 N–H and O–H groups in total. The monoisotopic (exact) mass is 194 g/mol. The number of nitrogens with zero attached hydrogens (tertiary/aromatic N) is 1. The third-order valence-electron chi connectivity index (χ3n) is 4.72. The summed E-state index contributed by atoms with van der Waals surface area (Å²) in [5, 5.41) is 3.59. The molecule has 0 saturated carbocycles. The molecular weight excluding hydrogens is 172 g/mol. The van der Waals surface area contributed by atoms with E-state index in [0.29, 0.717) is 5.41 Å². The van der Waals surface area contributed by atoms with Crippen molar-refractivity contribution in [2.24, 2.45) is 5.41 Å². The zero-order valence-corrected chi connectivity index (χ0v) is 9.10. The molecule has 2 unspecified atom stereocenters. The first-order chi connectivity index (χ1) is 6.91. The fourth-order valence-electron chi connectivity index (χ4n) is 4.01. The van der Waals surface area contributed by atoms with Gasteiger partial charge in [-0.05, 0) is 57.2 Å². The highest BCUT2D eigenvalue weighted by molar-refractivity contribution is 5.01. The zero-order chi connectivity index (χ0) is 9.43. The molecule has 2 heteroatoms. The summed E-state index contributed by atoms with van der Waals surface area (Å²) in [5.74, 6) is 0. The van der Waals surface area contributed by atoms with E-state index in [1.54, 1.807) is 0 Å². The molecule has 0 bridgehead atoms. The first-order valence-corrected chi connectivity index (χ1v) is 6.36. The summed E-state index contributed by atoms with van der Waals surface area (Å²) in [6.07, 6.45) is 8.76. The van der Waals surface area contributed by atoms with E-state index in [0.717, 1.165) is 6.04 Å². The van der Waals surface area contributed by atoms with Gasteiger partial charge in [0.05, 0.1) is 0 Å². The van der Waals surface area contributed by atoms with E-state index in [9.17, 15) is 0 Å². The van der Waals surface area contributed by atoms with Gasteiger partial charge in [-0.2, -0.15) is 0 Å². The van der Waals surface area contributed by atoms with Crippen LogP contribution in [0.2, 0.25) is 0 Å². The van der Waals surface area contributed by atoms with Crippen LogP contribution < -0.4 is 5.32 Å². The Balaban J connectivity index is 1.82. The summed E-state index contributed by atoms with van der Waals surface area (Å²) >= 11 is 0. The molecule has 0 aromatic heterocycles. The highest BCUT2D eigenvalue weighted by Gasteiger charge is 2.46. The third kappa shape index (κ3) is 1.31. The van der Waals surface area contributed by atoms with E-state index in [1.807, 2.05) is 0 Å². The van der Waals surface area contributed by atoms with Crippen molar-refractivity contribution in [3.63, 3.8) is 0 Å². The van der Waals surface area contributed by atoms with E-state index >= 15 is 0 Å². The molecule has 0 radical (unpaired) electrons. The van der Waals surface area contributed by atoms with Gasteiger partial charge in [0.2, 0.25) is 0 Å². The second-order valence-electron chi connectivity index (χ2n) is 5.44. The van der Waals surface area contributed by atoms with Crippen molar-refractivity contribution in [1.29, 1.82) is 0 Å². The maximum atomic E-state index is 3.59. The molecule has 3 fully saturated rings. The normalized spacial score (nSPS) is 44.1. The topological polar surface area (TPSA) is 15.3 Å². The van der Waals surface area contributed by atoms with Crippen molar-refractivity contribution in [2.75, 3.05) is 26.2 Å². The van der Waals surface area contributed by atoms with Crippen LogP contribution >= 0.6 is 0 Å². The maximum Gasteiger partial charge on any atom is 0.0164 e. The first kappa shape index (κ1) is 9.17. The van der Waals surface area contributed by atoms with Crippen LogP contribution in [0.3, 0.4) is 0 Å². The fraction of sp³-hybridized carbons (Fsp3) is 1.00. The number of fused-ring (bicyclic) bond motifs is 2. The van der Waals surface area contributed by atoms with Crippen LogP contribution in [0.5, 0.6) is 0 Å². The predicted octanol–water partition coefficient (Wildman–Crippen LogP) is 1.61. The Hall–Kier alpha value is -0.0800. The predicted molar refractivity (Wildman–Crippen MR) is 58.4 cm³/mol. The summed E-state index contributed by atoms with van der Waals surface area (Å²) in [6.45, 7) is 5.33. The molecule has 1 spiro atoms. The third-order valence-corrected chi connectivity index (χ3v) is 4.72. The smallest absolute Gasteiger partial charge is 0.0164 e. The van der Waals surface area contributed by atoms with Gasteiger partial charge in [-0.3, -0.25) is 4.90 Å². The van der Waals surface area contributed by atoms with Crippen LogP contribution in [0.1, 0.15) is 38.5 Å². The van der Waals surface area contributed by atoms with Crippen LogP contribution in [0.4, 0.5) is 0 Å². The molecule has 0 aromatic rings. The number of nitrogens with one attached hydrogen (secondary N) is 1. The van der Waals surface area contributed by atoms with E-state index in [1.165, 1.54) is 64.7 Å². The number of piperidine rings is 2. The van der Waals surface area contributed by atoms with Crippen LogP contribution in [0.25, 0.3) is 0 Å². The Morgan fingerprint density at radius 2 is 2.00 bits per heavy atom. The second kappa shape index (κ2) is 3.49. The van der Waals surface area contributed by atoms with Gasteiger partial charge < -0.3 is 5.32 Å². The van der Waals surface area contributed by atoms with E-state index < -0.39 is 0 Å². The molecule has 0 aliphatic carbocycles. The summed E-state index contributed by atoms with van der Waals surface area (Å²) in [4.78, 5) is 2.79. The van der Waals surface area contributed by atoms with Crippen molar-refractivity contribution in [3.8, 4) is 0 Å². The highest BCUT2D eigenvalue weighted by atomic mass is 15.2. The first-order valence-electron chi connectivity index (χ1n) is 6.36. The summed E-state index contributed by atoms with van der Waals surface area (Å²) in [5.41, 5.74) is 0.679. The molecule has 3 aliphatic heterocycles. The lowest BCUT2D eigenvalue weighted by atomic mass is 9.69. The van der Waals surface area contributed by atoms with Gasteiger partial charge in [0.1, 0.15) is 0 Å². The average molecular weight is 194 g/mol. The van der Waals surface area contributed by atoms with E-state index in [4.69, 9.17) is 0 Å². The van der Waals surface area contributed by atoms with Crippen LogP contribution in [-0.2, 0) is 0 Å². The summed E-state index contributed by atoms with van der Waals surface area (Å²) in [7, 11) is 0. The van der Waals surface area contributed by atoms with Crippen molar-refractivity contribution < 1.29 is 0 Å². The molecular formula is C12H22N2. The Labute approximate surface area is 87.0 Å². The minimum Gasteiger partial charge on any atom is -0.316 e. The number of hydrogen-bond acceptors (Lipinski definition) is 2. The van der Waals surface area contributed by atoms with Gasteiger partial charge in [-0.25, -0.2) is 0 Å². The van der Waals surface area contributed by atoms with Gasteiger partial charge >= 0.3 is 0 Å². The molecule has 3 aliphatic rings. The second-order valence-corrected chi connectivity index (χ2v) is 5.44. The quantitative estimate of drug-likeness (QED) is 0.630. The van der Waals surface area contributed by atoms with Crippen LogP contribution in [-0.4, -0.2) is 37.1 Å². The average Bonchev–Trinajstić information content (AvgIpc) is 2.68. The maximum absolute atomic E-state index is 3.59. The summed E-state index contributed by atoms with van der Waals surface area (Å²) in [6, 6.07) is 0.931. The van der Waals surface area contributed by atoms with Crippen LogP contribution in [0.15, 0.2) is 0 Å². The molecule has 0 amide bonds. The van der Waals surface area contributed by atoms with Crippen molar-refractivity contribution >= 4 is 0 Å². The standard InChI is InChI=1S/C12H22N2/c1-2-8-14-9-3-5-12(11(14)4-1)6-7-13-10-12/h11,13H,1-10H2. The fourth-order valence-corrected chi connectivity index (χ4v) is 4.01. The van der Waals surface area contributed by atoms with Gasteiger partial charge in [0.15, 0.2) is 0 Å². The number of rotatable bonds is 0. The van der Waals surface area contributed by atoms with Gasteiger partial charge in [0, 0.05) is 12.6 Å². The van der Waals surface area contributed by atoms with Crippen LogP contribution in [0, 0.1) is 5.41 Å². The minimum atomic E-state index is 0.679. The van der Waals surface area contributed by atoms with Gasteiger partial charge in [-0.15, -0.1) is 0 Å². The Morgan fingerprint density at radius 1 is 1.07 bits per heavy atom. The molecule has 2 atom stereocenters.